The average Bonchev–Trinajstić information content (AvgIpc) is 2.46. The molecule has 2 fully saturated rings. The highest BCUT2D eigenvalue weighted by Gasteiger charge is 2.41. The fraction of sp³-hybridized carbons (Fsp3) is 0.950. The molecule has 0 radical (unpaired) electrons. The Bertz CT molecular complexity index is 396. The lowest BCUT2D eigenvalue weighted by Gasteiger charge is -2.48. The lowest BCUT2D eigenvalue weighted by atomic mass is 9.70. The van der Waals surface area contributed by atoms with Gasteiger partial charge in [0.15, 0.2) is 0 Å². The first-order chi connectivity index (χ1) is 10.7. The molecule has 0 aromatic carbocycles. The molecule has 1 amide bonds. The van der Waals surface area contributed by atoms with Gasteiger partial charge in [-0.25, -0.2) is 0 Å². The van der Waals surface area contributed by atoms with Crippen LogP contribution in [0.5, 0.6) is 0 Å². The summed E-state index contributed by atoms with van der Waals surface area (Å²) in [5.41, 5.74) is 0.310. The number of carbonyl (C=O) groups excluding carboxylic acids is 1. The third kappa shape index (κ3) is 4.49. The summed E-state index contributed by atoms with van der Waals surface area (Å²) in [4.78, 5) is 17.6. The van der Waals surface area contributed by atoms with Crippen molar-refractivity contribution in [1.29, 1.82) is 0 Å². The largest absolute Gasteiger partial charge is 0.342 e. The van der Waals surface area contributed by atoms with Crippen molar-refractivity contribution >= 4 is 5.91 Å². The summed E-state index contributed by atoms with van der Waals surface area (Å²) in [6.45, 7) is 17.7. The molecule has 3 heteroatoms. The number of carbonyl (C=O) groups is 1. The standard InChI is InChI=1S/C20H38N2O/c1-16(2)15-19(5,6)18(23)22-13-9-20(10-14-22)7-11-21(12-8-20)17(3)4/h16-17H,7-15H2,1-6H3. The maximum Gasteiger partial charge on any atom is 0.228 e. The van der Waals surface area contributed by atoms with Gasteiger partial charge in [-0.3, -0.25) is 4.79 Å². The molecular formula is C20H38N2O. The molecule has 0 atom stereocenters. The van der Waals surface area contributed by atoms with Crippen molar-refractivity contribution in [2.45, 2.75) is 79.7 Å². The Kier molecular flexibility index (Phi) is 5.81. The molecule has 0 saturated carbocycles. The van der Waals surface area contributed by atoms with Crippen molar-refractivity contribution < 1.29 is 4.79 Å². The second-order valence-electron chi connectivity index (χ2n) is 9.40. The fourth-order valence-electron chi connectivity index (χ4n) is 4.73. The molecule has 0 aromatic heterocycles. The summed E-state index contributed by atoms with van der Waals surface area (Å²) in [5.74, 6) is 0.950. The van der Waals surface area contributed by atoms with E-state index < -0.39 is 0 Å². The van der Waals surface area contributed by atoms with E-state index in [0.29, 0.717) is 23.3 Å². The van der Waals surface area contributed by atoms with Crippen LogP contribution in [0.2, 0.25) is 0 Å². The van der Waals surface area contributed by atoms with E-state index in [1.54, 1.807) is 0 Å². The Labute approximate surface area is 143 Å². The van der Waals surface area contributed by atoms with E-state index in [-0.39, 0.29) is 5.41 Å². The summed E-state index contributed by atoms with van der Waals surface area (Å²) < 4.78 is 0. The molecule has 23 heavy (non-hydrogen) atoms. The lowest BCUT2D eigenvalue weighted by molar-refractivity contribution is -0.144. The molecule has 0 aliphatic carbocycles. The Hall–Kier alpha value is -0.570. The summed E-state index contributed by atoms with van der Waals surface area (Å²) >= 11 is 0. The number of nitrogens with zero attached hydrogens (tertiary/aromatic N) is 2. The highest BCUT2D eigenvalue weighted by atomic mass is 16.2. The number of hydrogen-bond acceptors (Lipinski definition) is 2. The monoisotopic (exact) mass is 322 g/mol. The summed E-state index contributed by atoms with van der Waals surface area (Å²) in [6.07, 6.45) is 6.05. The number of likely N-dealkylation sites (tertiary alicyclic amines) is 2. The lowest BCUT2D eigenvalue weighted by Crippen LogP contribution is -2.51. The van der Waals surface area contributed by atoms with E-state index in [9.17, 15) is 4.79 Å². The van der Waals surface area contributed by atoms with Crippen molar-refractivity contribution in [1.82, 2.24) is 9.80 Å². The van der Waals surface area contributed by atoms with Crippen molar-refractivity contribution in [3.63, 3.8) is 0 Å². The molecule has 2 aliphatic rings. The third-order valence-corrected chi connectivity index (χ3v) is 6.20. The Balaban J connectivity index is 1.88. The minimum absolute atomic E-state index is 0.209. The molecule has 0 N–H and O–H groups in total. The molecule has 2 saturated heterocycles. The van der Waals surface area contributed by atoms with E-state index in [0.717, 1.165) is 19.5 Å². The van der Waals surface area contributed by atoms with Gasteiger partial charge in [-0.2, -0.15) is 0 Å². The van der Waals surface area contributed by atoms with Gasteiger partial charge in [0, 0.05) is 24.5 Å². The highest BCUT2D eigenvalue weighted by Crippen LogP contribution is 2.42. The first-order valence-electron chi connectivity index (χ1n) is 9.69. The second kappa shape index (κ2) is 7.13. The molecule has 0 unspecified atom stereocenters. The first kappa shape index (κ1) is 18.8. The minimum Gasteiger partial charge on any atom is -0.342 e. The summed E-state index contributed by atoms with van der Waals surface area (Å²) in [6, 6.07) is 0.672. The zero-order valence-electron chi connectivity index (χ0n) is 16.3. The van der Waals surface area contributed by atoms with Crippen molar-refractivity contribution in [3.8, 4) is 0 Å². The van der Waals surface area contributed by atoms with Gasteiger partial charge in [0.1, 0.15) is 0 Å². The molecule has 2 aliphatic heterocycles. The number of hydrogen-bond donors (Lipinski definition) is 0. The van der Waals surface area contributed by atoms with Crippen LogP contribution in [0.25, 0.3) is 0 Å². The fourth-order valence-corrected chi connectivity index (χ4v) is 4.73. The average molecular weight is 323 g/mol. The van der Waals surface area contributed by atoms with Gasteiger partial charge in [-0.1, -0.05) is 27.7 Å². The van der Waals surface area contributed by atoms with Gasteiger partial charge in [0.2, 0.25) is 5.91 Å². The van der Waals surface area contributed by atoms with E-state index in [4.69, 9.17) is 0 Å². The molecule has 0 aromatic rings. The summed E-state index contributed by atoms with van der Waals surface area (Å²) in [7, 11) is 0. The molecular weight excluding hydrogens is 284 g/mol. The predicted octanol–water partition coefficient (Wildman–Crippen LogP) is 4.17. The van der Waals surface area contributed by atoms with Gasteiger partial charge in [0.25, 0.3) is 0 Å². The number of amides is 1. The maximum absolute atomic E-state index is 12.9. The van der Waals surface area contributed by atoms with Gasteiger partial charge in [0.05, 0.1) is 0 Å². The van der Waals surface area contributed by atoms with E-state index in [1.165, 1.54) is 38.8 Å². The normalized spacial score (nSPS) is 23.0. The van der Waals surface area contributed by atoms with Gasteiger partial charge < -0.3 is 9.80 Å². The van der Waals surface area contributed by atoms with Crippen LogP contribution in [0.15, 0.2) is 0 Å². The molecule has 2 rings (SSSR count). The Morgan fingerprint density at radius 2 is 1.43 bits per heavy atom. The molecule has 0 bridgehead atoms. The zero-order chi connectivity index (χ0) is 17.3. The first-order valence-corrected chi connectivity index (χ1v) is 9.69. The SMILES string of the molecule is CC(C)CC(C)(C)C(=O)N1CCC2(CC1)CCN(C(C)C)CC2. The topological polar surface area (TPSA) is 23.6 Å². The molecule has 3 nitrogen and oxygen atoms in total. The minimum atomic E-state index is -0.209. The van der Waals surface area contributed by atoms with E-state index in [2.05, 4.69) is 51.3 Å². The van der Waals surface area contributed by atoms with Crippen molar-refractivity contribution in [2.24, 2.45) is 16.7 Å². The summed E-state index contributed by atoms with van der Waals surface area (Å²) in [5, 5.41) is 0. The maximum atomic E-state index is 12.9. The zero-order valence-corrected chi connectivity index (χ0v) is 16.3. The number of rotatable bonds is 4. The van der Waals surface area contributed by atoms with Crippen molar-refractivity contribution in [3.05, 3.63) is 0 Å². The van der Waals surface area contributed by atoms with E-state index in [1.807, 2.05) is 0 Å². The van der Waals surface area contributed by atoms with Crippen LogP contribution in [0.4, 0.5) is 0 Å². The van der Waals surface area contributed by atoms with Crippen LogP contribution in [-0.2, 0) is 4.79 Å². The van der Waals surface area contributed by atoms with E-state index >= 15 is 0 Å². The van der Waals surface area contributed by atoms with Gasteiger partial charge in [-0.15, -0.1) is 0 Å². The van der Waals surface area contributed by atoms with Gasteiger partial charge >= 0.3 is 0 Å². The van der Waals surface area contributed by atoms with Crippen LogP contribution in [0.1, 0.15) is 73.6 Å². The van der Waals surface area contributed by atoms with Crippen molar-refractivity contribution in [2.75, 3.05) is 26.2 Å². The highest BCUT2D eigenvalue weighted by molar-refractivity contribution is 5.82. The Morgan fingerprint density at radius 1 is 0.957 bits per heavy atom. The molecule has 2 heterocycles. The van der Waals surface area contributed by atoms with Crippen LogP contribution < -0.4 is 0 Å². The van der Waals surface area contributed by atoms with Crippen LogP contribution >= 0.6 is 0 Å². The molecule has 134 valence electrons. The van der Waals surface area contributed by atoms with Gasteiger partial charge in [-0.05, 0) is 70.4 Å². The van der Waals surface area contributed by atoms with Crippen LogP contribution in [-0.4, -0.2) is 47.9 Å². The Morgan fingerprint density at radius 3 is 1.87 bits per heavy atom. The number of piperidine rings is 2. The predicted molar refractivity (Wildman–Crippen MR) is 97.4 cm³/mol. The molecule has 1 spiro atoms. The van der Waals surface area contributed by atoms with Crippen LogP contribution in [0.3, 0.4) is 0 Å². The third-order valence-electron chi connectivity index (χ3n) is 6.20. The van der Waals surface area contributed by atoms with Crippen LogP contribution in [0, 0.1) is 16.7 Å². The second-order valence-corrected chi connectivity index (χ2v) is 9.40. The quantitative estimate of drug-likeness (QED) is 0.775. The smallest absolute Gasteiger partial charge is 0.228 e.